The van der Waals surface area contributed by atoms with Crippen molar-refractivity contribution in [2.75, 3.05) is 7.11 Å². The number of carbonyl (C=O) groups excluding carboxylic acids is 1. The van der Waals surface area contributed by atoms with Crippen LogP contribution in [0.1, 0.15) is 31.0 Å². The zero-order valence-electron chi connectivity index (χ0n) is 14.2. The minimum absolute atomic E-state index is 0. The van der Waals surface area contributed by atoms with E-state index in [2.05, 4.69) is 0 Å². The molecule has 5 heteroatoms. The number of hydrogen-bond donors (Lipinski definition) is 1. The minimum atomic E-state index is -0.846. The van der Waals surface area contributed by atoms with Gasteiger partial charge in [0.25, 0.3) is 0 Å². The normalized spacial score (nSPS) is 12.0. The first-order chi connectivity index (χ1) is 11.0. The van der Waals surface area contributed by atoms with Crippen molar-refractivity contribution < 1.29 is 14.3 Å². The summed E-state index contributed by atoms with van der Waals surface area (Å²) in [4.78, 5) is 12.0. The summed E-state index contributed by atoms with van der Waals surface area (Å²) in [6.45, 7) is 4.00. The van der Waals surface area contributed by atoms with E-state index in [9.17, 15) is 4.79 Å². The Labute approximate surface area is 149 Å². The van der Waals surface area contributed by atoms with E-state index in [0.717, 1.165) is 11.1 Å². The summed E-state index contributed by atoms with van der Waals surface area (Å²) in [7, 11) is 1.37. The number of carbonyl (C=O) groups is 1. The van der Waals surface area contributed by atoms with E-state index >= 15 is 0 Å². The number of methoxy groups -OCH3 is 1. The van der Waals surface area contributed by atoms with E-state index in [1.807, 2.05) is 54.6 Å². The number of esters is 1. The van der Waals surface area contributed by atoms with Gasteiger partial charge in [0.15, 0.2) is 0 Å². The molecule has 0 aliphatic carbocycles. The van der Waals surface area contributed by atoms with Gasteiger partial charge in [-0.05, 0) is 25.5 Å². The maximum Gasteiger partial charge on any atom is 0.313 e. The molecule has 1 atom stereocenters. The number of rotatable bonds is 6. The van der Waals surface area contributed by atoms with Crippen LogP contribution in [0.4, 0.5) is 0 Å². The largest absolute Gasteiger partial charge is 0.489 e. The zero-order valence-corrected chi connectivity index (χ0v) is 15.0. The molecule has 0 bridgehead atoms. The molecule has 0 aliphatic heterocycles. The summed E-state index contributed by atoms with van der Waals surface area (Å²) in [6, 6.07) is 16.9. The number of benzene rings is 2. The van der Waals surface area contributed by atoms with E-state index < -0.39 is 11.5 Å². The van der Waals surface area contributed by atoms with E-state index in [4.69, 9.17) is 15.2 Å². The van der Waals surface area contributed by atoms with E-state index in [1.54, 1.807) is 13.8 Å². The first-order valence-electron chi connectivity index (χ1n) is 7.56. The highest BCUT2D eigenvalue weighted by Gasteiger charge is 2.37. The molecule has 2 N–H and O–H groups in total. The fourth-order valence-electron chi connectivity index (χ4n) is 2.38. The fourth-order valence-corrected chi connectivity index (χ4v) is 2.38. The molecule has 130 valence electrons. The molecule has 0 aromatic heterocycles. The molecular weight excluding hydrogens is 326 g/mol. The predicted octanol–water partition coefficient (Wildman–Crippen LogP) is 3.89. The Kier molecular flexibility index (Phi) is 7.26. The van der Waals surface area contributed by atoms with Gasteiger partial charge in [-0.25, -0.2) is 0 Å². The highest BCUT2D eigenvalue weighted by Crippen LogP contribution is 2.37. The first kappa shape index (κ1) is 20.0. The molecule has 0 heterocycles. The standard InChI is InChI=1S/C19H23NO3.ClH/c1-19(2,18(21)22-3)17(20)15-11-7-8-12-16(15)23-13-14-9-5-4-6-10-14;/h4-12,17H,13,20H2,1-3H3;1H/t17-;/m1./s1. The van der Waals surface area contributed by atoms with Gasteiger partial charge in [-0.15, -0.1) is 12.4 Å². The van der Waals surface area contributed by atoms with Crippen molar-refractivity contribution in [2.24, 2.45) is 11.1 Å². The Morgan fingerprint density at radius 2 is 1.67 bits per heavy atom. The van der Waals surface area contributed by atoms with Crippen LogP contribution >= 0.6 is 12.4 Å². The van der Waals surface area contributed by atoms with Crippen molar-refractivity contribution >= 4 is 18.4 Å². The van der Waals surface area contributed by atoms with Crippen molar-refractivity contribution in [1.29, 1.82) is 0 Å². The van der Waals surface area contributed by atoms with E-state index in [0.29, 0.717) is 12.4 Å². The molecule has 24 heavy (non-hydrogen) atoms. The molecule has 0 fully saturated rings. The van der Waals surface area contributed by atoms with Crippen LogP contribution in [0.5, 0.6) is 5.75 Å². The minimum Gasteiger partial charge on any atom is -0.489 e. The second kappa shape index (κ2) is 8.71. The third-order valence-corrected chi connectivity index (χ3v) is 3.98. The van der Waals surface area contributed by atoms with Crippen LogP contribution in [0.15, 0.2) is 54.6 Å². The smallest absolute Gasteiger partial charge is 0.313 e. The molecule has 2 rings (SSSR count). The molecule has 0 unspecified atom stereocenters. The summed E-state index contributed by atoms with van der Waals surface area (Å²) in [5, 5.41) is 0. The average Bonchev–Trinajstić information content (AvgIpc) is 2.59. The molecule has 0 radical (unpaired) electrons. The van der Waals surface area contributed by atoms with Crippen LogP contribution in [0.25, 0.3) is 0 Å². The van der Waals surface area contributed by atoms with E-state index in [-0.39, 0.29) is 18.4 Å². The van der Waals surface area contributed by atoms with Gasteiger partial charge in [-0.3, -0.25) is 4.79 Å². The van der Waals surface area contributed by atoms with Crippen molar-refractivity contribution in [2.45, 2.75) is 26.5 Å². The number of halogens is 1. The van der Waals surface area contributed by atoms with E-state index in [1.165, 1.54) is 7.11 Å². The highest BCUT2D eigenvalue weighted by atomic mass is 35.5. The molecule has 0 saturated carbocycles. The van der Waals surface area contributed by atoms with Crippen molar-refractivity contribution in [3.8, 4) is 5.75 Å². The molecular formula is C19H24ClNO3. The molecule has 2 aromatic rings. The summed E-state index contributed by atoms with van der Waals surface area (Å²) in [6.07, 6.45) is 0. The lowest BCUT2D eigenvalue weighted by Gasteiger charge is -2.30. The number of hydrogen-bond acceptors (Lipinski definition) is 4. The lowest BCUT2D eigenvalue weighted by Crippen LogP contribution is -2.37. The zero-order chi connectivity index (χ0) is 16.9. The van der Waals surface area contributed by atoms with Crippen LogP contribution in [0, 0.1) is 5.41 Å². The maximum absolute atomic E-state index is 12.0. The van der Waals surface area contributed by atoms with Gasteiger partial charge in [0.2, 0.25) is 0 Å². The van der Waals surface area contributed by atoms with Crippen LogP contribution < -0.4 is 10.5 Å². The van der Waals surface area contributed by atoms with Gasteiger partial charge < -0.3 is 15.2 Å². The Morgan fingerprint density at radius 3 is 2.29 bits per heavy atom. The third kappa shape index (κ3) is 4.49. The average molecular weight is 350 g/mol. The molecule has 0 aliphatic rings. The van der Waals surface area contributed by atoms with Crippen molar-refractivity contribution in [3.05, 3.63) is 65.7 Å². The molecule has 4 nitrogen and oxygen atoms in total. The predicted molar refractivity (Wildman–Crippen MR) is 97.2 cm³/mol. The van der Waals surface area contributed by atoms with Crippen molar-refractivity contribution in [3.63, 3.8) is 0 Å². The SMILES string of the molecule is COC(=O)C(C)(C)[C@H](N)c1ccccc1OCc1ccccc1.Cl. The summed E-state index contributed by atoms with van der Waals surface area (Å²) >= 11 is 0. The quantitative estimate of drug-likeness (QED) is 0.804. The highest BCUT2D eigenvalue weighted by molar-refractivity contribution is 5.85. The third-order valence-electron chi connectivity index (χ3n) is 3.98. The van der Waals surface area contributed by atoms with Crippen LogP contribution in [0.3, 0.4) is 0 Å². The van der Waals surface area contributed by atoms with Crippen LogP contribution in [-0.2, 0) is 16.1 Å². The number of nitrogens with two attached hydrogens (primary N) is 1. The van der Waals surface area contributed by atoms with Crippen LogP contribution in [-0.4, -0.2) is 13.1 Å². The van der Waals surface area contributed by atoms with Gasteiger partial charge >= 0.3 is 5.97 Å². The Bertz CT molecular complexity index is 659. The molecule has 0 saturated heterocycles. The maximum atomic E-state index is 12.0. The Hall–Kier alpha value is -2.04. The van der Waals surface area contributed by atoms with Gasteiger partial charge in [0.1, 0.15) is 12.4 Å². The Morgan fingerprint density at radius 1 is 1.08 bits per heavy atom. The first-order valence-corrected chi connectivity index (χ1v) is 7.56. The molecule has 0 amide bonds. The monoisotopic (exact) mass is 349 g/mol. The fraction of sp³-hybridized carbons (Fsp3) is 0.316. The molecule has 2 aromatic carbocycles. The second-order valence-electron chi connectivity index (χ2n) is 6.00. The summed E-state index contributed by atoms with van der Waals surface area (Å²) < 4.78 is 10.8. The summed E-state index contributed by atoms with van der Waals surface area (Å²) in [5.74, 6) is 0.337. The lowest BCUT2D eigenvalue weighted by atomic mass is 9.80. The van der Waals surface area contributed by atoms with Gasteiger partial charge in [-0.1, -0.05) is 48.5 Å². The molecule has 0 spiro atoms. The Balaban J connectivity index is 0.00000288. The van der Waals surface area contributed by atoms with Gasteiger partial charge in [-0.2, -0.15) is 0 Å². The number of para-hydroxylation sites is 1. The summed E-state index contributed by atoms with van der Waals surface area (Å²) in [5.41, 5.74) is 7.35. The van der Waals surface area contributed by atoms with Gasteiger partial charge in [0.05, 0.1) is 12.5 Å². The lowest BCUT2D eigenvalue weighted by molar-refractivity contribution is -0.152. The van der Waals surface area contributed by atoms with Crippen LogP contribution in [0.2, 0.25) is 0 Å². The number of ether oxygens (including phenoxy) is 2. The topological polar surface area (TPSA) is 61.5 Å². The van der Waals surface area contributed by atoms with Gasteiger partial charge in [0, 0.05) is 11.6 Å². The van der Waals surface area contributed by atoms with Crippen molar-refractivity contribution in [1.82, 2.24) is 0 Å². The second-order valence-corrected chi connectivity index (χ2v) is 6.00.